The topological polar surface area (TPSA) is 44.2 Å². The van der Waals surface area contributed by atoms with Crippen LogP contribution in [0, 0.1) is 5.41 Å². The molecule has 1 aliphatic rings. The molecule has 0 radical (unpaired) electrons. The van der Waals surface area contributed by atoms with Crippen LogP contribution in [0.3, 0.4) is 0 Å². The van der Waals surface area contributed by atoms with E-state index in [4.69, 9.17) is 5.41 Å². The van der Waals surface area contributed by atoms with E-state index in [9.17, 15) is 4.79 Å². The van der Waals surface area contributed by atoms with E-state index in [1.54, 1.807) is 4.90 Å². The highest BCUT2D eigenvalue weighted by molar-refractivity contribution is 6.26. The van der Waals surface area contributed by atoms with Crippen LogP contribution >= 0.6 is 0 Å². The fourth-order valence-electron chi connectivity index (χ4n) is 2.55. The van der Waals surface area contributed by atoms with Gasteiger partial charge in [0.1, 0.15) is 5.84 Å². The first kappa shape index (κ1) is 11.0. The summed E-state index contributed by atoms with van der Waals surface area (Å²) in [5.41, 5.74) is 1.57. The molecule has 0 spiro atoms. The molecular formula is C15H14N2O. The van der Waals surface area contributed by atoms with Crippen molar-refractivity contribution in [2.24, 2.45) is 0 Å². The fourth-order valence-corrected chi connectivity index (χ4v) is 2.55. The van der Waals surface area contributed by atoms with Gasteiger partial charge in [-0.3, -0.25) is 15.1 Å². The van der Waals surface area contributed by atoms with E-state index in [0.717, 1.165) is 22.8 Å². The van der Waals surface area contributed by atoms with E-state index in [0.29, 0.717) is 17.9 Å². The maximum atomic E-state index is 12.4. The number of hydrogen-bond acceptors (Lipinski definition) is 2. The van der Waals surface area contributed by atoms with Gasteiger partial charge in [0.2, 0.25) is 0 Å². The van der Waals surface area contributed by atoms with Crippen LogP contribution in [0.4, 0.5) is 0 Å². The number of hydrogen-bond donors (Lipinski definition) is 1. The first-order chi connectivity index (χ1) is 8.74. The van der Waals surface area contributed by atoms with Gasteiger partial charge in [-0.2, -0.15) is 0 Å². The summed E-state index contributed by atoms with van der Waals surface area (Å²) in [7, 11) is 0. The van der Waals surface area contributed by atoms with E-state index in [1.165, 1.54) is 0 Å². The Morgan fingerprint density at radius 1 is 1.11 bits per heavy atom. The third kappa shape index (κ3) is 1.37. The van der Waals surface area contributed by atoms with Crippen LogP contribution < -0.4 is 0 Å². The summed E-state index contributed by atoms with van der Waals surface area (Å²) in [6.07, 6.45) is 0.853. The lowest BCUT2D eigenvalue weighted by molar-refractivity contribution is 0.0846. The van der Waals surface area contributed by atoms with E-state index in [-0.39, 0.29) is 5.91 Å². The number of carbonyl (C=O) groups excluding carboxylic acids is 1. The van der Waals surface area contributed by atoms with Gasteiger partial charge in [-0.25, -0.2) is 0 Å². The average molecular weight is 238 g/mol. The van der Waals surface area contributed by atoms with Crippen molar-refractivity contribution in [2.45, 2.75) is 13.3 Å². The second-order valence-corrected chi connectivity index (χ2v) is 4.51. The Morgan fingerprint density at radius 2 is 1.78 bits per heavy atom. The fraction of sp³-hybridized carbons (Fsp3) is 0.200. The van der Waals surface area contributed by atoms with Gasteiger partial charge in [0.25, 0.3) is 5.91 Å². The average Bonchev–Trinajstić information content (AvgIpc) is 2.40. The molecule has 1 amide bonds. The summed E-state index contributed by atoms with van der Waals surface area (Å²) in [6, 6.07) is 11.6. The molecule has 1 aliphatic heterocycles. The molecule has 3 nitrogen and oxygen atoms in total. The number of benzene rings is 2. The van der Waals surface area contributed by atoms with Gasteiger partial charge in [-0.15, -0.1) is 0 Å². The molecule has 0 atom stereocenters. The van der Waals surface area contributed by atoms with Gasteiger partial charge < -0.3 is 0 Å². The standard InChI is InChI=1S/C15H14N2O/c1-2-9-17-14(16)11-7-3-5-10-6-4-8-12(13(10)11)15(17)18/h3-8,16H,2,9H2,1H3. The minimum Gasteiger partial charge on any atom is -0.293 e. The van der Waals surface area contributed by atoms with Gasteiger partial charge in [-0.1, -0.05) is 37.3 Å². The number of carbonyl (C=O) groups is 1. The zero-order valence-electron chi connectivity index (χ0n) is 10.2. The van der Waals surface area contributed by atoms with E-state index in [1.807, 2.05) is 43.3 Å². The first-order valence-corrected chi connectivity index (χ1v) is 6.16. The zero-order chi connectivity index (χ0) is 12.7. The summed E-state index contributed by atoms with van der Waals surface area (Å²) < 4.78 is 0. The van der Waals surface area contributed by atoms with Gasteiger partial charge in [-0.05, 0) is 17.9 Å². The molecule has 90 valence electrons. The molecular weight excluding hydrogens is 224 g/mol. The van der Waals surface area contributed by atoms with Crippen molar-refractivity contribution in [1.29, 1.82) is 5.41 Å². The molecule has 3 rings (SSSR count). The first-order valence-electron chi connectivity index (χ1n) is 6.16. The van der Waals surface area contributed by atoms with Crippen LogP contribution in [0.15, 0.2) is 36.4 Å². The SMILES string of the molecule is CCCN1C(=N)c2cccc3cccc(c23)C1=O. The molecule has 0 aliphatic carbocycles. The third-order valence-electron chi connectivity index (χ3n) is 3.35. The summed E-state index contributed by atoms with van der Waals surface area (Å²) in [4.78, 5) is 14.0. The zero-order valence-corrected chi connectivity index (χ0v) is 10.2. The Morgan fingerprint density at radius 3 is 2.44 bits per heavy atom. The molecule has 2 aromatic carbocycles. The Balaban J connectivity index is 2.32. The van der Waals surface area contributed by atoms with Crippen LogP contribution in [-0.4, -0.2) is 23.2 Å². The molecule has 3 heteroatoms. The largest absolute Gasteiger partial charge is 0.293 e. The molecule has 2 aromatic rings. The predicted molar refractivity (Wildman–Crippen MR) is 72.1 cm³/mol. The minimum absolute atomic E-state index is 0.0499. The van der Waals surface area contributed by atoms with Crippen molar-refractivity contribution in [1.82, 2.24) is 4.90 Å². The number of nitrogens with one attached hydrogen (secondary N) is 1. The molecule has 1 heterocycles. The normalized spacial score (nSPS) is 14.4. The highest BCUT2D eigenvalue weighted by Crippen LogP contribution is 2.29. The van der Waals surface area contributed by atoms with Crippen molar-refractivity contribution < 1.29 is 4.79 Å². The summed E-state index contributed by atoms with van der Waals surface area (Å²) in [5, 5.41) is 10.1. The van der Waals surface area contributed by atoms with Gasteiger partial charge in [0, 0.05) is 23.1 Å². The molecule has 0 aromatic heterocycles. The Hall–Kier alpha value is -2.16. The molecule has 1 N–H and O–H groups in total. The number of amides is 1. The Kier molecular flexibility index (Phi) is 2.40. The lowest BCUT2D eigenvalue weighted by Crippen LogP contribution is -2.40. The molecule has 0 bridgehead atoms. The van der Waals surface area contributed by atoms with Crippen molar-refractivity contribution in [3.63, 3.8) is 0 Å². The quantitative estimate of drug-likeness (QED) is 0.858. The van der Waals surface area contributed by atoms with Gasteiger partial charge in [0.05, 0.1) is 0 Å². The second kappa shape index (κ2) is 3.95. The number of rotatable bonds is 2. The highest BCUT2D eigenvalue weighted by Gasteiger charge is 2.29. The van der Waals surface area contributed by atoms with Crippen molar-refractivity contribution in [3.8, 4) is 0 Å². The number of amidine groups is 1. The van der Waals surface area contributed by atoms with Gasteiger partial charge in [0.15, 0.2) is 0 Å². The third-order valence-corrected chi connectivity index (χ3v) is 3.35. The van der Waals surface area contributed by atoms with Crippen LogP contribution in [0.5, 0.6) is 0 Å². The molecule has 0 fully saturated rings. The van der Waals surface area contributed by atoms with Crippen molar-refractivity contribution >= 4 is 22.5 Å². The van der Waals surface area contributed by atoms with Crippen LogP contribution in [0.25, 0.3) is 10.8 Å². The summed E-state index contributed by atoms with van der Waals surface area (Å²) in [6.45, 7) is 2.62. The van der Waals surface area contributed by atoms with E-state index >= 15 is 0 Å². The number of nitrogens with zero attached hydrogens (tertiary/aromatic N) is 1. The lowest BCUT2D eigenvalue weighted by Gasteiger charge is -2.29. The molecule has 0 saturated heterocycles. The molecule has 0 saturated carbocycles. The monoisotopic (exact) mass is 238 g/mol. The minimum atomic E-state index is -0.0499. The Labute approximate surface area is 106 Å². The molecule has 18 heavy (non-hydrogen) atoms. The summed E-state index contributed by atoms with van der Waals surface area (Å²) >= 11 is 0. The maximum absolute atomic E-state index is 12.4. The highest BCUT2D eigenvalue weighted by atomic mass is 16.2. The lowest BCUT2D eigenvalue weighted by atomic mass is 9.94. The Bertz CT molecular complexity index is 610. The van der Waals surface area contributed by atoms with Crippen LogP contribution in [-0.2, 0) is 0 Å². The van der Waals surface area contributed by atoms with Crippen molar-refractivity contribution in [3.05, 3.63) is 47.5 Å². The van der Waals surface area contributed by atoms with Gasteiger partial charge >= 0.3 is 0 Å². The van der Waals surface area contributed by atoms with Crippen molar-refractivity contribution in [2.75, 3.05) is 6.54 Å². The smallest absolute Gasteiger partial charge is 0.260 e. The van der Waals surface area contributed by atoms with Crippen LogP contribution in [0.2, 0.25) is 0 Å². The summed E-state index contributed by atoms with van der Waals surface area (Å²) in [5.74, 6) is 0.275. The maximum Gasteiger partial charge on any atom is 0.260 e. The van der Waals surface area contributed by atoms with E-state index < -0.39 is 0 Å². The predicted octanol–water partition coefficient (Wildman–Crippen LogP) is 3.03. The second-order valence-electron chi connectivity index (χ2n) is 4.51. The molecule has 0 unspecified atom stereocenters. The van der Waals surface area contributed by atoms with Crippen LogP contribution in [0.1, 0.15) is 29.3 Å². The van der Waals surface area contributed by atoms with E-state index in [2.05, 4.69) is 0 Å².